The molecule has 0 aliphatic carbocycles. The first-order chi connectivity index (χ1) is 4.47. The molecule has 2 heterocycles. The average Bonchev–Trinajstić information content (AvgIpc) is 2.33. The predicted molar refractivity (Wildman–Crippen MR) is 33.8 cm³/mol. The highest BCUT2D eigenvalue weighted by molar-refractivity contribution is 4.92. The maximum Gasteiger partial charge on any atom is 0.0865 e. The summed E-state index contributed by atoms with van der Waals surface area (Å²) in [6.07, 6.45) is 0.412. The van der Waals surface area contributed by atoms with E-state index in [2.05, 4.69) is 10.6 Å². The molecule has 3 heteroatoms. The molecule has 2 aliphatic rings. The maximum absolute atomic E-state index is 5.42. The molecule has 0 bridgehead atoms. The summed E-state index contributed by atoms with van der Waals surface area (Å²) < 4.78 is 5.42. The lowest BCUT2D eigenvalue weighted by Crippen LogP contribution is -2.44. The minimum atomic E-state index is 0.412. The van der Waals surface area contributed by atoms with Crippen LogP contribution in [0.25, 0.3) is 0 Å². The number of rotatable bonds is 0. The van der Waals surface area contributed by atoms with E-state index >= 15 is 0 Å². The summed E-state index contributed by atoms with van der Waals surface area (Å²) in [5.74, 6) is 0. The van der Waals surface area contributed by atoms with Crippen LogP contribution in [0.1, 0.15) is 0 Å². The molecule has 0 saturated carbocycles. The molecule has 3 nitrogen and oxygen atoms in total. The first kappa shape index (κ1) is 5.65. The minimum Gasteiger partial charge on any atom is -0.374 e. The molecular formula is C6H11N2O. The molecule has 2 aliphatic heterocycles. The molecule has 9 heavy (non-hydrogen) atoms. The Bertz CT molecular complexity index is 95.2. The summed E-state index contributed by atoms with van der Waals surface area (Å²) in [6.45, 7) is 4.78. The van der Waals surface area contributed by atoms with E-state index in [1.54, 1.807) is 0 Å². The monoisotopic (exact) mass is 127 g/mol. The van der Waals surface area contributed by atoms with Crippen LogP contribution in [-0.4, -0.2) is 31.8 Å². The SMILES string of the molecule is [CH]1COC2CNCC2N1. The molecule has 0 aromatic carbocycles. The van der Waals surface area contributed by atoms with Gasteiger partial charge in [-0.25, -0.2) is 0 Å². The molecule has 0 aromatic heterocycles. The Hall–Kier alpha value is -0.120. The number of morpholine rings is 1. The quantitative estimate of drug-likeness (QED) is 0.443. The van der Waals surface area contributed by atoms with E-state index < -0.39 is 0 Å². The third-order valence-electron chi connectivity index (χ3n) is 1.88. The van der Waals surface area contributed by atoms with Gasteiger partial charge in [0.25, 0.3) is 0 Å². The summed E-state index contributed by atoms with van der Waals surface area (Å²) >= 11 is 0. The van der Waals surface area contributed by atoms with E-state index in [9.17, 15) is 0 Å². The fourth-order valence-corrected chi connectivity index (χ4v) is 1.37. The summed E-state index contributed by atoms with van der Waals surface area (Å²) in [5, 5.41) is 6.53. The number of hydrogen-bond acceptors (Lipinski definition) is 3. The van der Waals surface area contributed by atoms with Gasteiger partial charge in [0.05, 0.1) is 12.7 Å². The van der Waals surface area contributed by atoms with Crippen LogP contribution in [0.2, 0.25) is 0 Å². The van der Waals surface area contributed by atoms with Gasteiger partial charge in [-0.05, 0) is 0 Å². The van der Waals surface area contributed by atoms with Crippen LogP contribution in [0, 0.1) is 6.54 Å². The molecule has 2 saturated heterocycles. The zero-order valence-electron chi connectivity index (χ0n) is 5.26. The summed E-state index contributed by atoms with van der Waals surface area (Å²) in [4.78, 5) is 0. The first-order valence-corrected chi connectivity index (χ1v) is 3.37. The van der Waals surface area contributed by atoms with E-state index in [-0.39, 0.29) is 0 Å². The molecule has 51 valence electrons. The van der Waals surface area contributed by atoms with Gasteiger partial charge in [-0.15, -0.1) is 0 Å². The Labute approximate surface area is 54.8 Å². The lowest BCUT2D eigenvalue weighted by molar-refractivity contribution is 0.0371. The maximum atomic E-state index is 5.42. The van der Waals surface area contributed by atoms with Gasteiger partial charge in [0.1, 0.15) is 0 Å². The second-order valence-corrected chi connectivity index (χ2v) is 2.51. The Kier molecular flexibility index (Phi) is 1.41. The van der Waals surface area contributed by atoms with E-state index in [4.69, 9.17) is 4.74 Å². The molecule has 0 amide bonds. The summed E-state index contributed by atoms with van der Waals surface area (Å²) in [5.41, 5.74) is 0. The lowest BCUT2D eigenvalue weighted by atomic mass is 10.2. The summed E-state index contributed by atoms with van der Waals surface area (Å²) in [7, 11) is 0. The van der Waals surface area contributed by atoms with E-state index in [1.165, 1.54) is 0 Å². The van der Waals surface area contributed by atoms with Gasteiger partial charge in [-0.1, -0.05) is 0 Å². The van der Waals surface area contributed by atoms with Crippen LogP contribution in [0.5, 0.6) is 0 Å². The highest BCUT2D eigenvalue weighted by Gasteiger charge is 2.29. The van der Waals surface area contributed by atoms with Crippen LogP contribution in [0.15, 0.2) is 0 Å². The van der Waals surface area contributed by atoms with Crippen molar-refractivity contribution < 1.29 is 4.74 Å². The third kappa shape index (κ3) is 0.956. The third-order valence-corrected chi connectivity index (χ3v) is 1.88. The lowest BCUT2D eigenvalue weighted by Gasteiger charge is -2.25. The van der Waals surface area contributed by atoms with Gasteiger partial charge >= 0.3 is 0 Å². The van der Waals surface area contributed by atoms with Crippen LogP contribution >= 0.6 is 0 Å². The first-order valence-electron chi connectivity index (χ1n) is 3.37. The average molecular weight is 127 g/mol. The Morgan fingerprint density at radius 1 is 1.44 bits per heavy atom. The van der Waals surface area contributed by atoms with Crippen molar-refractivity contribution in [1.29, 1.82) is 0 Å². The van der Waals surface area contributed by atoms with Crippen molar-refractivity contribution in [2.75, 3.05) is 19.7 Å². The smallest absolute Gasteiger partial charge is 0.0865 e. The van der Waals surface area contributed by atoms with Crippen molar-refractivity contribution in [3.63, 3.8) is 0 Å². The van der Waals surface area contributed by atoms with Gasteiger partial charge < -0.3 is 15.4 Å². The standard InChI is InChI=1S/C6H11N2O/c1-2-9-6-4-7-3-5(6)8-1/h1,5-8H,2-4H2. The highest BCUT2D eigenvalue weighted by atomic mass is 16.5. The van der Waals surface area contributed by atoms with E-state index in [0.717, 1.165) is 19.7 Å². The van der Waals surface area contributed by atoms with Crippen LogP contribution < -0.4 is 10.6 Å². The van der Waals surface area contributed by atoms with Gasteiger partial charge in [0, 0.05) is 25.7 Å². The van der Waals surface area contributed by atoms with Crippen molar-refractivity contribution in [2.45, 2.75) is 12.1 Å². The van der Waals surface area contributed by atoms with Gasteiger partial charge in [0.15, 0.2) is 0 Å². The minimum absolute atomic E-state index is 0.412. The zero-order chi connectivity index (χ0) is 6.10. The van der Waals surface area contributed by atoms with Gasteiger partial charge in [-0.3, -0.25) is 0 Å². The second kappa shape index (κ2) is 2.25. The molecule has 2 fully saturated rings. The Morgan fingerprint density at radius 3 is 3.33 bits per heavy atom. The largest absolute Gasteiger partial charge is 0.374 e. The van der Waals surface area contributed by atoms with Crippen molar-refractivity contribution in [2.24, 2.45) is 0 Å². The number of hydrogen-bond donors (Lipinski definition) is 2. The Morgan fingerprint density at radius 2 is 2.44 bits per heavy atom. The second-order valence-electron chi connectivity index (χ2n) is 2.51. The molecule has 2 N–H and O–H groups in total. The topological polar surface area (TPSA) is 33.3 Å². The van der Waals surface area contributed by atoms with Crippen molar-refractivity contribution in [3.05, 3.63) is 6.54 Å². The molecule has 0 spiro atoms. The molecule has 0 aromatic rings. The van der Waals surface area contributed by atoms with Gasteiger partial charge in [0.2, 0.25) is 0 Å². The molecule has 2 rings (SSSR count). The van der Waals surface area contributed by atoms with Crippen LogP contribution in [0.3, 0.4) is 0 Å². The van der Waals surface area contributed by atoms with Crippen molar-refractivity contribution >= 4 is 0 Å². The van der Waals surface area contributed by atoms with E-state index in [1.807, 2.05) is 6.54 Å². The number of nitrogens with one attached hydrogen (secondary N) is 2. The number of fused-ring (bicyclic) bond motifs is 1. The molecule has 2 unspecified atom stereocenters. The number of ether oxygens (including phenoxy) is 1. The van der Waals surface area contributed by atoms with Gasteiger partial charge in [-0.2, -0.15) is 0 Å². The fraction of sp³-hybridized carbons (Fsp3) is 0.833. The molecule has 1 radical (unpaired) electrons. The van der Waals surface area contributed by atoms with E-state index in [0.29, 0.717) is 12.1 Å². The zero-order valence-corrected chi connectivity index (χ0v) is 5.26. The summed E-state index contributed by atoms with van der Waals surface area (Å²) in [6, 6.07) is 0.527. The normalized spacial score (nSPS) is 42.7. The highest BCUT2D eigenvalue weighted by Crippen LogP contribution is 2.09. The van der Waals surface area contributed by atoms with Crippen LogP contribution in [-0.2, 0) is 4.74 Å². The Balaban J connectivity index is 1.97. The molecular weight excluding hydrogens is 116 g/mol. The predicted octanol–water partition coefficient (Wildman–Crippen LogP) is -0.892. The van der Waals surface area contributed by atoms with Crippen molar-refractivity contribution in [1.82, 2.24) is 10.6 Å². The van der Waals surface area contributed by atoms with Crippen molar-refractivity contribution in [3.8, 4) is 0 Å². The fourth-order valence-electron chi connectivity index (χ4n) is 1.37. The van der Waals surface area contributed by atoms with Crippen LogP contribution in [0.4, 0.5) is 0 Å². The molecule has 2 atom stereocenters.